The van der Waals surface area contributed by atoms with E-state index in [-0.39, 0.29) is 24.1 Å². The summed E-state index contributed by atoms with van der Waals surface area (Å²) in [6.45, 7) is 5.16. The topological polar surface area (TPSA) is 77.7 Å². The number of nitrogens with zero attached hydrogens (tertiary/aromatic N) is 2. The largest absolute Gasteiger partial charge is 0.378 e. The zero-order chi connectivity index (χ0) is 21.8. The van der Waals surface area contributed by atoms with Gasteiger partial charge in [0.1, 0.15) is 18.1 Å². The van der Waals surface area contributed by atoms with Crippen molar-refractivity contribution in [2.45, 2.75) is 6.92 Å². The van der Waals surface area contributed by atoms with Gasteiger partial charge in [0.25, 0.3) is 5.91 Å². The summed E-state index contributed by atoms with van der Waals surface area (Å²) < 4.78 is 19.3. The molecule has 1 aromatic heterocycles. The smallest absolute Gasteiger partial charge is 0.270 e. The number of amides is 2. The highest BCUT2D eigenvalue weighted by atomic mass is 19.1. The zero-order valence-corrected chi connectivity index (χ0v) is 17.4. The second-order valence-corrected chi connectivity index (χ2v) is 7.40. The van der Waals surface area contributed by atoms with Crippen molar-refractivity contribution < 1.29 is 18.7 Å². The van der Waals surface area contributed by atoms with Crippen LogP contribution in [0.4, 0.5) is 15.8 Å². The minimum atomic E-state index is -0.394. The van der Waals surface area contributed by atoms with Gasteiger partial charge in [-0.25, -0.2) is 4.39 Å². The summed E-state index contributed by atoms with van der Waals surface area (Å²) in [5, 5.41) is 3.19. The average Bonchev–Trinajstić information content (AvgIpc) is 3.24. The number of carbonyl (C=O) groups excluding carboxylic acids is 2. The van der Waals surface area contributed by atoms with E-state index in [9.17, 15) is 14.0 Å². The number of morpholine rings is 1. The number of nitrogens with one attached hydrogen (secondary N) is 2. The maximum atomic E-state index is 13.9. The molecule has 4 rings (SSSR count). The van der Waals surface area contributed by atoms with Crippen LogP contribution in [0.3, 0.4) is 0 Å². The molecule has 1 fully saturated rings. The van der Waals surface area contributed by atoms with E-state index in [2.05, 4.69) is 15.2 Å². The van der Waals surface area contributed by atoms with Crippen molar-refractivity contribution in [2.24, 2.45) is 0 Å². The summed E-state index contributed by atoms with van der Waals surface area (Å²) in [6, 6.07) is 13.7. The first-order valence-corrected chi connectivity index (χ1v) is 10.3. The quantitative estimate of drug-likeness (QED) is 0.637. The molecule has 2 amide bonds. The van der Waals surface area contributed by atoms with E-state index in [4.69, 9.17) is 4.74 Å². The molecule has 2 N–H and O–H groups in total. The molecule has 8 heteroatoms. The third-order valence-corrected chi connectivity index (χ3v) is 5.37. The Labute approximate surface area is 179 Å². The molecule has 0 atom stereocenters. The van der Waals surface area contributed by atoms with Gasteiger partial charge in [-0.15, -0.1) is 0 Å². The first kappa shape index (κ1) is 20.9. The molecule has 1 saturated heterocycles. The molecule has 31 heavy (non-hydrogen) atoms. The zero-order valence-electron chi connectivity index (χ0n) is 17.4. The number of aromatic nitrogens is 1. The number of aromatic amines is 1. The molecule has 2 aromatic carbocycles. The number of carbonyl (C=O) groups is 2. The molecular formula is C23H25FN4O3. The number of benzene rings is 2. The van der Waals surface area contributed by atoms with E-state index < -0.39 is 5.82 Å². The lowest BCUT2D eigenvalue weighted by Crippen LogP contribution is -2.38. The monoisotopic (exact) mass is 424 g/mol. The highest BCUT2D eigenvalue weighted by molar-refractivity contribution is 6.01. The molecular weight excluding hydrogens is 399 g/mol. The molecule has 0 bridgehead atoms. The van der Waals surface area contributed by atoms with Gasteiger partial charge in [0.15, 0.2) is 0 Å². The molecule has 162 valence electrons. The molecule has 1 aliphatic heterocycles. The Balaban J connectivity index is 1.39. The number of H-pyrrole nitrogens is 1. The lowest BCUT2D eigenvalue weighted by atomic mass is 10.2. The highest BCUT2D eigenvalue weighted by Gasteiger charge is 2.20. The number of likely N-dealkylation sites (N-methyl/N-ethyl adjacent to an activating group) is 1. The Hall–Kier alpha value is -3.39. The molecule has 0 aliphatic carbocycles. The lowest BCUT2D eigenvalue weighted by molar-refractivity contribution is -0.116. The molecule has 0 saturated carbocycles. The summed E-state index contributed by atoms with van der Waals surface area (Å²) in [4.78, 5) is 32.0. The maximum absolute atomic E-state index is 13.9. The van der Waals surface area contributed by atoms with E-state index >= 15 is 0 Å². The van der Waals surface area contributed by atoms with Crippen LogP contribution in [0.15, 0.2) is 48.5 Å². The lowest BCUT2D eigenvalue weighted by Gasteiger charge is -2.29. The molecule has 0 radical (unpaired) electrons. The van der Waals surface area contributed by atoms with Gasteiger partial charge < -0.3 is 24.8 Å². The van der Waals surface area contributed by atoms with Crippen molar-refractivity contribution >= 4 is 34.1 Å². The van der Waals surface area contributed by atoms with E-state index in [1.807, 2.05) is 24.3 Å². The first-order valence-electron chi connectivity index (χ1n) is 10.3. The van der Waals surface area contributed by atoms with Gasteiger partial charge >= 0.3 is 0 Å². The summed E-state index contributed by atoms with van der Waals surface area (Å²) >= 11 is 0. The Bertz CT molecular complexity index is 1070. The van der Waals surface area contributed by atoms with Crippen LogP contribution in [0.1, 0.15) is 17.4 Å². The summed E-state index contributed by atoms with van der Waals surface area (Å²) in [6.07, 6.45) is 0. The van der Waals surface area contributed by atoms with Crippen LogP contribution < -0.4 is 10.2 Å². The third kappa shape index (κ3) is 4.69. The Kier molecular flexibility index (Phi) is 6.18. The van der Waals surface area contributed by atoms with Crippen molar-refractivity contribution in [3.63, 3.8) is 0 Å². The third-order valence-electron chi connectivity index (χ3n) is 5.37. The normalized spacial score (nSPS) is 13.9. The van der Waals surface area contributed by atoms with Crippen molar-refractivity contribution in [3.8, 4) is 0 Å². The minimum Gasteiger partial charge on any atom is -0.378 e. The molecule has 3 aromatic rings. The maximum Gasteiger partial charge on any atom is 0.270 e. The summed E-state index contributed by atoms with van der Waals surface area (Å²) in [5.74, 6) is -1.04. The van der Waals surface area contributed by atoms with Crippen LogP contribution in [0.25, 0.3) is 10.9 Å². The van der Waals surface area contributed by atoms with Crippen LogP contribution >= 0.6 is 0 Å². The summed E-state index contributed by atoms with van der Waals surface area (Å²) in [7, 11) is 0. The van der Waals surface area contributed by atoms with E-state index in [0.717, 1.165) is 18.8 Å². The SMILES string of the molecule is CCN(CC(=O)Nc1ccc(N2CCOCC2)cc1)C(=O)c1cc2c(F)cccc2[nH]1. The minimum absolute atomic E-state index is 0.0988. The second-order valence-electron chi connectivity index (χ2n) is 7.40. The van der Waals surface area contributed by atoms with Crippen molar-refractivity contribution in [1.82, 2.24) is 9.88 Å². The molecule has 2 heterocycles. The Morgan fingerprint density at radius 1 is 1.16 bits per heavy atom. The fourth-order valence-electron chi connectivity index (χ4n) is 3.68. The van der Waals surface area contributed by atoms with Crippen LogP contribution in [-0.4, -0.2) is 61.1 Å². The van der Waals surface area contributed by atoms with Crippen LogP contribution in [0.2, 0.25) is 0 Å². The van der Waals surface area contributed by atoms with Gasteiger partial charge in [0, 0.05) is 41.9 Å². The van der Waals surface area contributed by atoms with Crippen molar-refractivity contribution in [2.75, 3.05) is 49.6 Å². The number of rotatable bonds is 6. The van der Waals surface area contributed by atoms with Gasteiger partial charge in [0.2, 0.25) is 5.91 Å². The fraction of sp³-hybridized carbons (Fsp3) is 0.304. The van der Waals surface area contributed by atoms with E-state index in [1.165, 1.54) is 17.0 Å². The predicted octanol–water partition coefficient (Wildman–Crippen LogP) is 3.24. The highest BCUT2D eigenvalue weighted by Crippen LogP contribution is 2.21. The van der Waals surface area contributed by atoms with E-state index in [0.29, 0.717) is 36.3 Å². The molecule has 7 nitrogen and oxygen atoms in total. The molecule has 1 aliphatic rings. The Morgan fingerprint density at radius 2 is 1.90 bits per heavy atom. The summed E-state index contributed by atoms with van der Waals surface area (Å²) in [5.41, 5.74) is 2.55. The van der Waals surface area contributed by atoms with Gasteiger partial charge in [-0.05, 0) is 49.4 Å². The van der Waals surface area contributed by atoms with E-state index in [1.54, 1.807) is 19.1 Å². The number of fused-ring (bicyclic) bond motifs is 1. The number of ether oxygens (including phenoxy) is 1. The van der Waals surface area contributed by atoms with Crippen molar-refractivity contribution in [1.29, 1.82) is 0 Å². The number of anilines is 2. The van der Waals surface area contributed by atoms with Crippen LogP contribution in [0.5, 0.6) is 0 Å². The molecule has 0 unspecified atom stereocenters. The van der Waals surface area contributed by atoms with Gasteiger partial charge in [-0.1, -0.05) is 6.07 Å². The standard InChI is InChI=1S/C23H25FN4O3/c1-2-27(23(30)21-14-18-19(24)4-3-5-20(18)26-21)15-22(29)25-16-6-8-17(9-7-16)28-10-12-31-13-11-28/h3-9,14,26H,2,10-13,15H2,1H3,(H,25,29). The average molecular weight is 424 g/mol. The van der Waals surface area contributed by atoms with Crippen LogP contribution in [0, 0.1) is 5.82 Å². The molecule has 0 spiro atoms. The number of hydrogen-bond acceptors (Lipinski definition) is 4. The number of hydrogen-bond donors (Lipinski definition) is 2. The Morgan fingerprint density at radius 3 is 2.58 bits per heavy atom. The predicted molar refractivity (Wildman–Crippen MR) is 118 cm³/mol. The second kappa shape index (κ2) is 9.18. The fourth-order valence-corrected chi connectivity index (χ4v) is 3.68. The van der Waals surface area contributed by atoms with Gasteiger partial charge in [0.05, 0.1) is 13.2 Å². The van der Waals surface area contributed by atoms with Gasteiger partial charge in [-0.2, -0.15) is 0 Å². The van der Waals surface area contributed by atoms with Crippen LogP contribution in [-0.2, 0) is 9.53 Å². The van der Waals surface area contributed by atoms with Gasteiger partial charge in [-0.3, -0.25) is 9.59 Å². The van der Waals surface area contributed by atoms with Crippen molar-refractivity contribution in [3.05, 3.63) is 60.0 Å². The first-order chi connectivity index (χ1) is 15.0. The number of halogens is 1.